The molecule has 0 bridgehead atoms. The van der Waals surface area contributed by atoms with Gasteiger partial charge in [-0.3, -0.25) is 4.18 Å². The first kappa shape index (κ1) is 19.4. The van der Waals surface area contributed by atoms with Gasteiger partial charge in [-0.25, -0.2) is 4.79 Å². The molecular formula is C20H23NO5S. The van der Waals surface area contributed by atoms with Crippen molar-refractivity contribution >= 4 is 16.2 Å². The van der Waals surface area contributed by atoms with E-state index in [-0.39, 0.29) is 29.9 Å². The smallest absolute Gasteiger partial charge is 0.407 e. The Morgan fingerprint density at radius 2 is 1.78 bits per heavy atom. The summed E-state index contributed by atoms with van der Waals surface area (Å²) >= 11 is 0. The molecule has 0 aliphatic heterocycles. The lowest BCUT2D eigenvalue weighted by Crippen LogP contribution is -2.27. The summed E-state index contributed by atoms with van der Waals surface area (Å²) in [6, 6.07) is 16.0. The van der Waals surface area contributed by atoms with Crippen LogP contribution in [0, 0.1) is 18.8 Å². The largest absolute Gasteiger partial charge is 0.445 e. The van der Waals surface area contributed by atoms with Crippen LogP contribution in [0.4, 0.5) is 4.79 Å². The number of ether oxygens (including phenoxy) is 1. The zero-order valence-electron chi connectivity index (χ0n) is 15.1. The summed E-state index contributed by atoms with van der Waals surface area (Å²) in [6.45, 7) is 2.69. The number of aryl methyl sites for hydroxylation is 1. The van der Waals surface area contributed by atoms with Crippen molar-refractivity contribution in [2.45, 2.75) is 24.8 Å². The van der Waals surface area contributed by atoms with E-state index in [4.69, 9.17) is 8.92 Å². The molecular weight excluding hydrogens is 366 g/mol. The number of nitrogens with one attached hydrogen (secondary N) is 1. The number of hydrogen-bond donors (Lipinski definition) is 1. The highest BCUT2D eigenvalue weighted by Crippen LogP contribution is 2.38. The average Bonchev–Trinajstić information content (AvgIpc) is 3.43. The summed E-state index contributed by atoms with van der Waals surface area (Å²) in [5, 5.41) is 2.71. The van der Waals surface area contributed by atoms with Crippen LogP contribution < -0.4 is 5.32 Å². The van der Waals surface area contributed by atoms with Crippen molar-refractivity contribution in [3.63, 3.8) is 0 Å². The lowest BCUT2D eigenvalue weighted by molar-refractivity contribution is 0.139. The minimum absolute atomic E-state index is 0.125. The van der Waals surface area contributed by atoms with Gasteiger partial charge in [-0.15, -0.1) is 0 Å². The third-order valence-corrected chi connectivity index (χ3v) is 5.83. The highest BCUT2D eigenvalue weighted by Gasteiger charge is 2.38. The van der Waals surface area contributed by atoms with E-state index >= 15 is 0 Å². The van der Waals surface area contributed by atoms with Gasteiger partial charge in [-0.05, 0) is 42.9 Å². The minimum Gasteiger partial charge on any atom is -0.445 e. The molecule has 7 heteroatoms. The molecule has 27 heavy (non-hydrogen) atoms. The van der Waals surface area contributed by atoms with E-state index in [9.17, 15) is 13.2 Å². The number of rotatable bonds is 8. The van der Waals surface area contributed by atoms with Gasteiger partial charge in [-0.2, -0.15) is 8.42 Å². The minimum atomic E-state index is -3.74. The van der Waals surface area contributed by atoms with Gasteiger partial charge < -0.3 is 10.1 Å². The van der Waals surface area contributed by atoms with Crippen molar-refractivity contribution < 1.29 is 22.1 Å². The molecule has 6 nitrogen and oxygen atoms in total. The van der Waals surface area contributed by atoms with Crippen molar-refractivity contribution in [2.24, 2.45) is 11.8 Å². The van der Waals surface area contributed by atoms with E-state index in [1.54, 1.807) is 24.3 Å². The molecule has 2 aromatic carbocycles. The van der Waals surface area contributed by atoms with E-state index in [0.29, 0.717) is 6.54 Å². The van der Waals surface area contributed by atoms with Crippen LogP contribution in [0.5, 0.6) is 0 Å². The number of benzene rings is 2. The summed E-state index contributed by atoms with van der Waals surface area (Å²) < 4.78 is 34.6. The number of carbonyl (C=O) groups excluding carboxylic acids is 1. The Morgan fingerprint density at radius 3 is 2.48 bits per heavy atom. The van der Waals surface area contributed by atoms with E-state index < -0.39 is 16.2 Å². The molecule has 0 heterocycles. The van der Waals surface area contributed by atoms with Crippen molar-refractivity contribution in [1.29, 1.82) is 0 Å². The highest BCUT2D eigenvalue weighted by atomic mass is 32.2. The first-order chi connectivity index (χ1) is 12.9. The van der Waals surface area contributed by atoms with Gasteiger partial charge in [0, 0.05) is 6.54 Å². The monoisotopic (exact) mass is 389 g/mol. The third-order valence-electron chi connectivity index (χ3n) is 4.54. The normalized spacial score (nSPS) is 18.7. The number of alkyl carbamates (subject to hydrolysis) is 1. The van der Waals surface area contributed by atoms with Crippen LogP contribution in [-0.2, 0) is 25.6 Å². The zero-order valence-corrected chi connectivity index (χ0v) is 15.9. The fourth-order valence-corrected chi connectivity index (χ4v) is 3.66. The van der Waals surface area contributed by atoms with Crippen LogP contribution in [0.15, 0.2) is 59.5 Å². The maximum atomic E-state index is 12.2. The lowest BCUT2D eigenvalue weighted by atomic mass is 10.2. The molecule has 0 spiro atoms. The Balaban J connectivity index is 1.35. The van der Waals surface area contributed by atoms with Gasteiger partial charge in [0.1, 0.15) is 6.61 Å². The Kier molecular flexibility index (Phi) is 6.13. The van der Waals surface area contributed by atoms with Crippen LogP contribution in [0.1, 0.15) is 17.5 Å². The average molecular weight is 389 g/mol. The molecule has 1 N–H and O–H groups in total. The summed E-state index contributed by atoms with van der Waals surface area (Å²) in [5.41, 5.74) is 1.91. The van der Waals surface area contributed by atoms with Crippen molar-refractivity contribution in [2.75, 3.05) is 13.2 Å². The van der Waals surface area contributed by atoms with Gasteiger partial charge in [0.05, 0.1) is 11.5 Å². The van der Waals surface area contributed by atoms with Gasteiger partial charge in [0.15, 0.2) is 0 Å². The summed E-state index contributed by atoms with van der Waals surface area (Å²) in [4.78, 5) is 11.9. The molecule has 2 atom stereocenters. The van der Waals surface area contributed by atoms with Crippen molar-refractivity contribution in [3.05, 3.63) is 65.7 Å². The van der Waals surface area contributed by atoms with Crippen LogP contribution in [0.25, 0.3) is 0 Å². The Labute approximate surface area is 159 Å². The fourth-order valence-electron chi connectivity index (χ4n) is 2.70. The number of amides is 1. The standard InChI is InChI=1S/C20H23NO5S/c1-15-7-9-19(10-8-15)27(23,24)26-14-18-11-17(18)12-21-20(22)25-13-16-5-3-2-4-6-16/h2-10,17-18H,11-14H2,1H3,(H,21,22)/t17-,18+/m1/s1. The third kappa shape index (κ3) is 5.80. The van der Waals surface area contributed by atoms with Crippen molar-refractivity contribution in [1.82, 2.24) is 5.32 Å². The van der Waals surface area contributed by atoms with Crippen LogP contribution in [0.3, 0.4) is 0 Å². The predicted octanol–water partition coefficient (Wildman–Crippen LogP) is 3.26. The van der Waals surface area contributed by atoms with E-state index in [0.717, 1.165) is 17.5 Å². The molecule has 1 amide bonds. The zero-order chi connectivity index (χ0) is 19.3. The molecule has 0 aromatic heterocycles. The maximum Gasteiger partial charge on any atom is 0.407 e. The van der Waals surface area contributed by atoms with Gasteiger partial charge in [0.25, 0.3) is 10.1 Å². The molecule has 3 rings (SSSR count). The second-order valence-electron chi connectivity index (χ2n) is 6.75. The Bertz CT molecular complexity index is 865. The Hall–Kier alpha value is -2.38. The van der Waals surface area contributed by atoms with Crippen molar-refractivity contribution in [3.8, 4) is 0 Å². The maximum absolute atomic E-state index is 12.2. The molecule has 0 radical (unpaired) electrons. The highest BCUT2D eigenvalue weighted by molar-refractivity contribution is 7.86. The molecule has 1 aliphatic rings. The predicted molar refractivity (Wildman–Crippen MR) is 101 cm³/mol. The molecule has 0 unspecified atom stereocenters. The second-order valence-corrected chi connectivity index (χ2v) is 8.37. The fraction of sp³-hybridized carbons (Fsp3) is 0.350. The van der Waals surface area contributed by atoms with Gasteiger partial charge in [-0.1, -0.05) is 48.0 Å². The van der Waals surface area contributed by atoms with Gasteiger partial charge in [0.2, 0.25) is 0 Å². The molecule has 0 saturated heterocycles. The topological polar surface area (TPSA) is 81.7 Å². The summed E-state index contributed by atoms with van der Waals surface area (Å²) in [5.74, 6) is 0.335. The quantitative estimate of drug-likeness (QED) is 0.701. The first-order valence-electron chi connectivity index (χ1n) is 8.85. The Morgan fingerprint density at radius 1 is 1.07 bits per heavy atom. The second kappa shape index (κ2) is 8.54. The summed E-state index contributed by atoms with van der Waals surface area (Å²) in [7, 11) is -3.74. The van der Waals surface area contributed by atoms with E-state index in [2.05, 4.69) is 5.32 Å². The van der Waals surface area contributed by atoms with Gasteiger partial charge >= 0.3 is 6.09 Å². The summed E-state index contributed by atoms with van der Waals surface area (Å²) in [6.07, 6.45) is 0.347. The van der Waals surface area contributed by atoms with Crippen LogP contribution in [0.2, 0.25) is 0 Å². The number of hydrogen-bond acceptors (Lipinski definition) is 5. The molecule has 1 aliphatic carbocycles. The first-order valence-corrected chi connectivity index (χ1v) is 10.3. The SMILES string of the molecule is Cc1ccc(S(=O)(=O)OC[C@@H]2C[C@@H]2CNC(=O)OCc2ccccc2)cc1. The van der Waals surface area contributed by atoms with E-state index in [1.807, 2.05) is 37.3 Å². The molecule has 1 fully saturated rings. The lowest BCUT2D eigenvalue weighted by Gasteiger charge is -2.08. The van der Waals surface area contributed by atoms with Crippen LogP contribution >= 0.6 is 0 Å². The molecule has 144 valence electrons. The van der Waals surface area contributed by atoms with Crippen LogP contribution in [-0.4, -0.2) is 27.7 Å². The number of carbonyl (C=O) groups is 1. The van der Waals surface area contributed by atoms with E-state index in [1.165, 1.54) is 0 Å². The molecule has 2 aromatic rings. The molecule has 1 saturated carbocycles.